The van der Waals surface area contributed by atoms with Crippen LogP contribution in [0.2, 0.25) is 0 Å². The molecule has 0 saturated heterocycles. The fourth-order valence-electron chi connectivity index (χ4n) is 0.641. The molecule has 0 atom stereocenters. The molecule has 0 aliphatic rings. The van der Waals surface area contributed by atoms with Crippen molar-refractivity contribution in [1.29, 1.82) is 5.41 Å². The van der Waals surface area contributed by atoms with Crippen molar-refractivity contribution in [3.05, 3.63) is 23.3 Å². The van der Waals surface area contributed by atoms with Crippen LogP contribution in [0.5, 0.6) is 0 Å². The van der Waals surface area contributed by atoms with E-state index < -0.39 is 5.97 Å². The van der Waals surface area contributed by atoms with Crippen LogP contribution in [0.4, 0.5) is 0 Å². The van der Waals surface area contributed by atoms with Gasteiger partial charge in [0.25, 0.3) is 0 Å². The predicted octanol–water partition coefficient (Wildman–Crippen LogP) is 2.00. The van der Waals surface area contributed by atoms with Crippen molar-refractivity contribution in [2.75, 3.05) is 0 Å². The summed E-state index contributed by atoms with van der Waals surface area (Å²) in [4.78, 5) is 10.6. The minimum absolute atomic E-state index is 0.0469. The maximum atomic E-state index is 10.6. The molecule has 0 aliphatic heterocycles. The molecule has 0 fully saturated rings. The first-order chi connectivity index (χ1) is 5.49. The molecule has 0 aromatic carbocycles. The maximum Gasteiger partial charge on any atom is 0.337 e. The highest BCUT2D eigenvalue weighted by atomic mass is 16.4. The zero-order valence-electron chi connectivity index (χ0n) is 7.51. The molecule has 0 aromatic heterocycles. The van der Waals surface area contributed by atoms with Gasteiger partial charge in [-0.15, -0.1) is 0 Å². The monoisotopic (exact) mass is 167 g/mol. The van der Waals surface area contributed by atoms with E-state index >= 15 is 0 Å². The van der Waals surface area contributed by atoms with Gasteiger partial charge in [0.05, 0.1) is 5.57 Å². The van der Waals surface area contributed by atoms with E-state index in [1.165, 1.54) is 13.0 Å². The molecule has 66 valence electrons. The van der Waals surface area contributed by atoms with Crippen molar-refractivity contribution in [2.45, 2.75) is 20.8 Å². The second kappa shape index (κ2) is 4.49. The van der Waals surface area contributed by atoms with E-state index in [2.05, 4.69) is 0 Å². The predicted molar refractivity (Wildman–Crippen MR) is 48.6 cm³/mol. The lowest BCUT2D eigenvalue weighted by Crippen LogP contribution is -2.08. The molecular formula is C9H13NO2. The molecule has 0 aromatic rings. The Balaban J connectivity index is 4.87. The summed E-state index contributed by atoms with van der Waals surface area (Å²) in [6, 6.07) is 0. The smallest absolute Gasteiger partial charge is 0.337 e. The van der Waals surface area contributed by atoms with E-state index in [0.717, 1.165) is 5.57 Å². The van der Waals surface area contributed by atoms with Crippen molar-refractivity contribution < 1.29 is 9.90 Å². The Hall–Kier alpha value is -1.38. The van der Waals surface area contributed by atoms with Gasteiger partial charge < -0.3 is 10.5 Å². The largest absolute Gasteiger partial charge is 0.478 e. The Morgan fingerprint density at radius 1 is 1.42 bits per heavy atom. The van der Waals surface area contributed by atoms with E-state index in [4.69, 9.17) is 10.5 Å². The lowest BCUT2D eigenvalue weighted by molar-refractivity contribution is -0.132. The molecule has 0 radical (unpaired) electrons. The van der Waals surface area contributed by atoms with Crippen molar-refractivity contribution >= 4 is 11.7 Å². The second-order valence-electron chi connectivity index (χ2n) is 2.52. The Labute approximate surface area is 71.9 Å². The fourth-order valence-corrected chi connectivity index (χ4v) is 0.641. The Bertz CT molecular complexity index is 246. The van der Waals surface area contributed by atoms with Crippen molar-refractivity contribution in [3.8, 4) is 0 Å². The highest BCUT2D eigenvalue weighted by Gasteiger charge is 2.08. The molecule has 0 rings (SSSR count). The van der Waals surface area contributed by atoms with E-state index in [9.17, 15) is 4.79 Å². The third kappa shape index (κ3) is 3.14. The summed E-state index contributed by atoms with van der Waals surface area (Å²) >= 11 is 0. The number of nitrogens with one attached hydrogen (secondary N) is 1. The first-order valence-electron chi connectivity index (χ1n) is 3.62. The molecule has 2 N–H and O–H groups in total. The lowest BCUT2D eigenvalue weighted by Gasteiger charge is -1.98. The van der Waals surface area contributed by atoms with Gasteiger partial charge in [0, 0.05) is 5.71 Å². The maximum absolute atomic E-state index is 10.6. The topological polar surface area (TPSA) is 61.2 Å². The molecule has 0 amide bonds. The van der Waals surface area contributed by atoms with Crippen LogP contribution in [0.15, 0.2) is 23.3 Å². The van der Waals surface area contributed by atoms with Crippen LogP contribution < -0.4 is 0 Å². The van der Waals surface area contributed by atoms with Gasteiger partial charge in [-0.05, 0) is 26.8 Å². The summed E-state index contributed by atoms with van der Waals surface area (Å²) < 4.78 is 0. The highest BCUT2D eigenvalue weighted by molar-refractivity contribution is 6.17. The quantitative estimate of drug-likeness (QED) is 0.383. The molecule has 0 unspecified atom stereocenters. The molecule has 3 nitrogen and oxygen atoms in total. The van der Waals surface area contributed by atoms with Crippen molar-refractivity contribution in [3.63, 3.8) is 0 Å². The fraction of sp³-hybridized carbons (Fsp3) is 0.333. The standard InChI is InChI=1S/C9H13NO2/c1-4-6(2)5-8(7(3)10)9(11)12/h4-5,10H,1-3H3,(H,11,12)/b6-4-,8-5+,10-7?. The average Bonchev–Trinajstić information content (AvgIpc) is 1.98. The van der Waals surface area contributed by atoms with Gasteiger partial charge in [0.1, 0.15) is 0 Å². The van der Waals surface area contributed by atoms with Gasteiger partial charge in [0.2, 0.25) is 0 Å². The normalized spacial score (nSPS) is 12.9. The van der Waals surface area contributed by atoms with Crippen LogP contribution in [-0.4, -0.2) is 16.8 Å². The summed E-state index contributed by atoms with van der Waals surface area (Å²) in [5, 5.41) is 15.8. The van der Waals surface area contributed by atoms with E-state index in [-0.39, 0.29) is 11.3 Å². The van der Waals surface area contributed by atoms with Crippen LogP contribution in [0, 0.1) is 5.41 Å². The van der Waals surface area contributed by atoms with Crippen LogP contribution in [0.3, 0.4) is 0 Å². The van der Waals surface area contributed by atoms with Crippen LogP contribution in [-0.2, 0) is 4.79 Å². The Morgan fingerprint density at radius 2 is 1.92 bits per heavy atom. The summed E-state index contributed by atoms with van der Waals surface area (Å²) in [5.41, 5.74) is 0.966. The van der Waals surface area contributed by atoms with Gasteiger partial charge in [-0.2, -0.15) is 0 Å². The molecule has 0 spiro atoms. The summed E-state index contributed by atoms with van der Waals surface area (Å²) in [6.45, 7) is 5.08. The van der Waals surface area contributed by atoms with Crippen LogP contribution in [0.25, 0.3) is 0 Å². The van der Waals surface area contributed by atoms with Gasteiger partial charge in [-0.3, -0.25) is 0 Å². The van der Waals surface area contributed by atoms with E-state index in [1.54, 1.807) is 13.0 Å². The van der Waals surface area contributed by atoms with Crippen LogP contribution >= 0.6 is 0 Å². The third-order valence-corrected chi connectivity index (χ3v) is 1.46. The first kappa shape index (κ1) is 10.6. The first-order valence-corrected chi connectivity index (χ1v) is 3.62. The number of aliphatic carboxylic acids is 1. The number of carboxylic acid groups (broad SMARTS) is 1. The Morgan fingerprint density at radius 3 is 2.17 bits per heavy atom. The third-order valence-electron chi connectivity index (χ3n) is 1.46. The van der Waals surface area contributed by atoms with Gasteiger partial charge in [0.15, 0.2) is 0 Å². The van der Waals surface area contributed by atoms with Gasteiger partial charge in [-0.25, -0.2) is 4.79 Å². The number of carboxylic acids is 1. The van der Waals surface area contributed by atoms with Gasteiger partial charge >= 0.3 is 5.97 Å². The number of allylic oxidation sites excluding steroid dienone is 3. The minimum Gasteiger partial charge on any atom is -0.478 e. The average molecular weight is 167 g/mol. The minimum atomic E-state index is -1.05. The SMILES string of the molecule is C/C=C(C)\C=C(/C(C)=N)C(=O)O. The summed E-state index contributed by atoms with van der Waals surface area (Å²) in [5.74, 6) is -1.05. The molecule has 3 heteroatoms. The second-order valence-corrected chi connectivity index (χ2v) is 2.52. The molecular weight excluding hydrogens is 154 g/mol. The number of hydrogen-bond acceptors (Lipinski definition) is 2. The zero-order chi connectivity index (χ0) is 9.72. The molecule has 0 aliphatic carbocycles. The number of hydrogen-bond donors (Lipinski definition) is 2. The van der Waals surface area contributed by atoms with E-state index in [1.807, 2.05) is 6.92 Å². The van der Waals surface area contributed by atoms with Crippen molar-refractivity contribution in [1.82, 2.24) is 0 Å². The molecule has 12 heavy (non-hydrogen) atoms. The Kier molecular flexibility index (Phi) is 3.97. The molecule has 0 bridgehead atoms. The zero-order valence-corrected chi connectivity index (χ0v) is 7.51. The highest BCUT2D eigenvalue weighted by Crippen LogP contribution is 2.03. The van der Waals surface area contributed by atoms with E-state index in [0.29, 0.717) is 0 Å². The summed E-state index contributed by atoms with van der Waals surface area (Å²) in [7, 11) is 0. The van der Waals surface area contributed by atoms with Gasteiger partial charge in [-0.1, -0.05) is 11.6 Å². The number of carbonyl (C=O) groups is 1. The summed E-state index contributed by atoms with van der Waals surface area (Å²) in [6.07, 6.45) is 3.29. The lowest BCUT2D eigenvalue weighted by atomic mass is 10.1. The van der Waals surface area contributed by atoms with Crippen molar-refractivity contribution in [2.24, 2.45) is 0 Å². The molecule has 0 saturated carbocycles. The number of rotatable bonds is 3. The molecule has 0 heterocycles. The van der Waals surface area contributed by atoms with Crippen LogP contribution in [0.1, 0.15) is 20.8 Å².